The molecule has 3 nitrogen and oxygen atoms in total. The van der Waals surface area contributed by atoms with Gasteiger partial charge in [0.25, 0.3) is 5.91 Å². The lowest BCUT2D eigenvalue weighted by atomic mass is 10.0. The van der Waals surface area contributed by atoms with Gasteiger partial charge in [0.15, 0.2) is 0 Å². The molecule has 2 aliphatic heterocycles. The van der Waals surface area contributed by atoms with E-state index in [1.54, 1.807) is 4.90 Å². The fourth-order valence-electron chi connectivity index (χ4n) is 3.55. The van der Waals surface area contributed by atoms with Gasteiger partial charge in [0.2, 0.25) is 0 Å². The van der Waals surface area contributed by atoms with Crippen LogP contribution in [0.1, 0.15) is 15.9 Å². The molecule has 3 aromatic carbocycles. The van der Waals surface area contributed by atoms with Crippen LogP contribution in [0.25, 0.3) is 10.8 Å². The molecular weight excluding hydrogens is 899 g/mol. The summed E-state index contributed by atoms with van der Waals surface area (Å²) < 4.78 is 6.44. The number of benzene rings is 3. The molecule has 0 aliphatic carbocycles. The normalized spacial score (nSPS) is 14.4. The Bertz CT molecular complexity index is 1360. The second-order valence-electron chi connectivity index (χ2n) is 6.21. The predicted molar refractivity (Wildman–Crippen MR) is 145 cm³/mol. The molecule has 29 heavy (non-hydrogen) atoms. The first kappa shape index (κ1) is 21.7. The van der Waals surface area contributed by atoms with Crippen molar-refractivity contribution in [2.45, 2.75) is 0 Å². The number of rotatable bonds is 0. The molecule has 0 saturated heterocycles. The van der Waals surface area contributed by atoms with Crippen LogP contribution in [0.3, 0.4) is 0 Å². The maximum absolute atomic E-state index is 13.6. The number of anilines is 1. The van der Waals surface area contributed by atoms with E-state index in [1.165, 1.54) is 0 Å². The van der Waals surface area contributed by atoms with Crippen LogP contribution in [-0.4, -0.2) is 11.7 Å². The number of carbonyl (C=O) groups excluding carboxylic acids is 1. The highest BCUT2D eigenvalue weighted by Gasteiger charge is 2.44. The van der Waals surface area contributed by atoms with E-state index in [1.807, 2.05) is 12.1 Å². The summed E-state index contributed by atoms with van der Waals surface area (Å²) in [5, 5.41) is 1.83. The molecule has 3 aromatic rings. The minimum absolute atomic E-state index is 0.148. The maximum atomic E-state index is 13.6. The Kier molecular flexibility index (Phi) is 5.59. The first-order valence-corrected chi connectivity index (χ1v) is 14.1. The van der Waals surface area contributed by atoms with Gasteiger partial charge in [-0.2, -0.15) is 0 Å². The van der Waals surface area contributed by atoms with Crippen LogP contribution in [0.4, 0.5) is 11.4 Å². The Morgan fingerprint density at radius 1 is 0.655 bits per heavy atom. The van der Waals surface area contributed by atoms with Crippen LogP contribution in [-0.2, 0) is 0 Å². The fraction of sp³-hybridized carbons (Fsp3) is 0. The van der Waals surface area contributed by atoms with Gasteiger partial charge in [0, 0.05) is 52.1 Å². The summed E-state index contributed by atoms with van der Waals surface area (Å²) in [5.41, 5.74) is 2.82. The number of amidine groups is 1. The zero-order chi connectivity index (χ0) is 20.9. The van der Waals surface area contributed by atoms with Crippen LogP contribution in [0.2, 0.25) is 0 Å². The molecule has 0 radical (unpaired) electrons. The number of aliphatic imine (C=N–C) groups is 1. The number of hydrogen-bond donors (Lipinski definition) is 0. The van der Waals surface area contributed by atoms with E-state index in [0.717, 1.165) is 59.0 Å². The average Bonchev–Trinajstić information content (AvgIpc) is 2.95. The monoisotopic (exact) mass is 893 g/mol. The molecule has 5 rings (SSSR count). The van der Waals surface area contributed by atoms with Crippen molar-refractivity contribution in [2.75, 3.05) is 4.90 Å². The van der Waals surface area contributed by atoms with E-state index in [9.17, 15) is 4.79 Å². The quantitative estimate of drug-likeness (QED) is 0.164. The SMILES string of the molecule is O=C1c2c(Br)c(Br)c(Br)c(Br)c2C2=Nc3c(Br)cc(Br)c4c(Br)cc(Br)c(c34)N12. The predicted octanol–water partition coefficient (Wildman–Crippen LogP) is 9.99. The van der Waals surface area contributed by atoms with Gasteiger partial charge in [0.05, 0.1) is 16.9 Å². The van der Waals surface area contributed by atoms with Gasteiger partial charge >= 0.3 is 0 Å². The maximum Gasteiger partial charge on any atom is 0.266 e. The van der Waals surface area contributed by atoms with Crippen LogP contribution in [0, 0.1) is 0 Å². The summed E-state index contributed by atoms with van der Waals surface area (Å²) in [7, 11) is 0. The van der Waals surface area contributed by atoms with Crippen molar-refractivity contribution in [1.29, 1.82) is 0 Å². The van der Waals surface area contributed by atoms with Crippen molar-refractivity contribution in [3.8, 4) is 0 Å². The molecule has 0 fully saturated rings. The highest BCUT2D eigenvalue weighted by Crippen LogP contribution is 2.55. The lowest BCUT2D eigenvalue weighted by Crippen LogP contribution is -2.32. The van der Waals surface area contributed by atoms with Crippen LogP contribution in [0.5, 0.6) is 0 Å². The zero-order valence-corrected chi connectivity index (χ0v) is 26.2. The largest absolute Gasteiger partial charge is 0.268 e. The number of amides is 1. The zero-order valence-electron chi connectivity index (χ0n) is 13.5. The number of carbonyl (C=O) groups is 1. The van der Waals surface area contributed by atoms with Crippen molar-refractivity contribution in [3.63, 3.8) is 0 Å². The third-order valence-corrected chi connectivity index (χ3v) is 11.9. The Hall–Kier alpha value is 0.900. The first-order valence-electron chi connectivity index (χ1n) is 7.74. The highest BCUT2D eigenvalue weighted by atomic mass is 79.9. The Morgan fingerprint density at radius 3 is 1.83 bits per heavy atom. The third-order valence-electron chi connectivity index (χ3n) is 4.72. The summed E-state index contributed by atoms with van der Waals surface area (Å²) in [6.07, 6.45) is 0. The summed E-state index contributed by atoms with van der Waals surface area (Å²) in [6.45, 7) is 0. The lowest BCUT2D eigenvalue weighted by Gasteiger charge is -2.27. The van der Waals surface area contributed by atoms with Crippen LogP contribution >= 0.6 is 127 Å². The molecule has 0 spiro atoms. The van der Waals surface area contributed by atoms with E-state index in [2.05, 4.69) is 127 Å². The van der Waals surface area contributed by atoms with E-state index < -0.39 is 0 Å². The second-order valence-corrected chi connectivity index (χ2v) is 12.8. The number of hydrogen-bond acceptors (Lipinski definition) is 2. The highest BCUT2D eigenvalue weighted by molar-refractivity contribution is 9.15. The Labute approximate surface area is 232 Å². The average molecular weight is 901 g/mol. The third kappa shape index (κ3) is 2.90. The molecule has 146 valence electrons. The van der Waals surface area contributed by atoms with Gasteiger partial charge in [0.1, 0.15) is 5.84 Å². The first-order chi connectivity index (χ1) is 13.6. The topological polar surface area (TPSA) is 32.7 Å². The molecule has 0 atom stereocenters. The lowest BCUT2D eigenvalue weighted by molar-refractivity contribution is 0.101. The molecule has 11 heteroatoms. The van der Waals surface area contributed by atoms with E-state index in [0.29, 0.717) is 15.9 Å². The van der Waals surface area contributed by atoms with E-state index in [4.69, 9.17) is 4.99 Å². The number of halogens is 8. The van der Waals surface area contributed by atoms with E-state index in [-0.39, 0.29) is 5.91 Å². The summed E-state index contributed by atoms with van der Waals surface area (Å²) in [4.78, 5) is 20.2. The molecule has 0 saturated carbocycles. The summed E-state index contributed by atoms with van der Waals surface area (Å²) >= 11 is 29.0. The Balaban J connectivity index is 2.00. The molecule has 0 unspecified atom stereocenters. The summed E-state index contributed by atoms with van der Waals surface area (Å²) in [6, 6.07) is 3.93. The van der Waals surface area contributed by atoms with Gasteiger partial charge < -0.3 is 0 Å². The smallest absolute Gasteiger partial charge is 0.266 e. The Morgan fingerprint density at radius 2 is 1.21 bits per heavy atom. The van der Waals surface area contributed by atoms with Gasteiger partial charge in [-0.3, -0.25) is 9.69 Å². The second kappa shape index (κ2) is 7.46. The van der Waals surface area contributed by atoms with Crippen molar-refractivity contribution < 1.29 is 4.79 Å². The molecule has 2 aliphatic rings. The van der Waals surface area contributed by atoms with Crippen molar-refractivity contribution in [1.82, 2.24) is 0 Å². The number of nitrogens with zero attached hydrogens (tertiary/aromatic N) is 2. The fourth-order valence-corrected chi connectivity index (χ4v) is 9.30. The van der Waals surface area contributed by atoms with Crippen LogP contribution < -0.4 is 4.90 Å². The van der Waals surface area contributed by atoms with Crippen molar-refractivity contribution >= 4 is 161 Å². The minimum Gasteiger partial charge on any atom is -0.268 e. The molecular formula is C18H2Br8N2O. The van der Waals surface area contributed by atoms with Crippen molar-refractivity contribution in [3.05, 3.63) is 59.0 Å². The summed E-state index contributed by atoms with van der Waals surface area (Å²) in [5.74, 6) is 0.427. The van der Waals surface area contributed by atoms with E-state index >= 15 is 0 Å². The molecule has 0 N–H and O–H groups in total. The minimum atomic E-state index is -0.148. The molecule has 1 amide bonds. The molecule has 0 aromatic heterocycles. The molecule has 2 heterocycles. The van der Waals surface area contributed by atoms with Gasteiger partial charge in [-0.25, -0.2) is 4.99 Å². The standard InChI is InChI=1S/C18H2Br8N2O/c19-3-1-5(21)15-10-7(3)4(20)2-6(22)16(10)28-17(27-15)8-9(18(28)29)12(24)14(26)13(25)11(8)23/h1-2H. The van der Waals surface area contributed by atoms with Gasteiger partial charge in [-0.1, -0.05) is 31.9 Å². The van der Waals surface area contributed by atoms with Crippen LogP contribution in [0.15, 0.2) is 52.9 Å². The number of fused-ring (bicyclic) bond motifs is 4. The van der Waals surface area contributed by atoms with Crippen molar-refractivity contribution in [2.24, 2.45) is 4.99 Å². The molecule has 0 bridgehead atoms. The van der Waals surface area contributed by atoms with Gasteiger partial charge in [-0.05, 0) is 108 Å². The van der Waals surface area contributed by atoms with Gasteiger partial charge in [-0.15, -0.1) is 0 Å².